The summed E-state index contributed by atoms with van der Waals surface area (Å²) in [6.45, 7) is 1.83. The predicted molar refractivity (Wildman–Crippen MR) is 126 cm³/mol. The van der Waals surface area contributed by atoms with Crippen LogP contribution < -0.4 is 16.4 Å². The number of hydrogen-bond donors (Lipinski definition) is 3. The molecule has 0 bridgehead atoms. The Morgan fingerprint density at radius 1 is 0.970 bits per heavy atom. The van der Waals surface area contributed by atoms with Gasteiger partial charge in [0.15, 0.2) is 0 Å². The standard InChI is InChI=1S/C26H32N4O3/c1-2-20(27)24(31)28-21-15-13-19-14-16-22(30(19)26(21)33)25(32)29-23(17-9-5-3-6-10-17)18-11-7-4-8-12-18/h3-12,19-23H,2,13-16,27H2,1H3,(H,28,31)(H,29,32)/t19?,20-,21-,22-/m0/s1. The Morgan fingerprint density at radius 3 is 2.12 bits per heavy atom. The van der Waals surface area contributed by atoms with Crippen LogP contribution in [0, 0.1) is 0 Å². The van der Waals surface area contributed by atoms with Gasteiger partial charge in [0, 0.05) is 6.04 Å². The Bertz CT molecular complexity index is 942. The van der Waals surface area contributed by atoms with Crippen LogP contribution >= 0.6 is 0 Å². The molecule has 7 nitrogen and oxygen atoms in total. The van der Waals surface area contributed by atoms with Crippen LogP contribution in [-0.2, 0) is 14.4 Å². The van der Waals surface area contributed by atoms with Crippen LogP contribution in [0.25, 0.3) is 0 Å². The molecule has 0 aliphatic carbocycles. The van der Waals surface area contributed by atoms with Crippen LogP contribution in [0.5, 0.6) is 0 Å². The Labute approximate surface area is 194 Å². The highest BCUT2D eigenvalue weighted by atomic mass is 16.2. The van der Waals surface area contributed by atoms with Crippen molar-refractivity contribution in [2.24, 2.45) is 5.73 Å². The molecule has 3 amide bonds. The zero-order chi connectivity index (χ0) is 23.4. The molecule has 1 unspecified atom stereocenters. The monoisotopic (exact) mass is 448 g/mol. The Morgan fingerprint density at radius 2 is 1.55 bits per heavy atom. The van der Waals surface area contributed by atoms with E-state index in [1.54, 1.807) is 4.90 Å². The minimum Gasteiger partial charge on any atom is -0.343 e. The first-order chi connectivity index (χ1) is 16.0. The number of fused-ring (bicyclic) bond motifs is 1. The lowest BCUT2D eigenvalue weighted by atomic mass is 9.97. The average molecular weight is 449 g/mol. The van der Waals surface area contributed by atoms with E-state index in [1.165, 1.54) is 0 Å². The summed E-state index contributed by atoms with van der Waals surface area (Å²) in [4.78, 5) is 40.7. The summed E-state index contributed by atoms with van der Waals surface area (Å²) in [6, 6.07) is 17.6. The first kappa shape index (κ1) is 23.0. The smallest absolute Gasteiger partial charge is 0.246 e. The van der Waals surface area contributed by atoms with E-state index in [1.807, 2.05) is 67.6 Å². The highest BCUT2D eigenvalue weighted by Crippen LogP contribution is 2.33. The molecule has 33 heavy (non-hydrogen) atoms. The highest BCUT2D eigenvalue weighted by Gasteiger charge is 2.46. The zero-order valence-corrected chi connectivity index (χ0v) is 18.9. The van der Waals surface area contributed by atoms with E-state index in [4.69, 9.17) is 5.73 Å². The van der Waals surface area contributed by atoms with Crippen molar-refractivity contribution in [2.75, 3.05) is 0 Å². The van der Waals surface area contributed by atoms with Gasteiger partial charge in [-0.05, 0) is 43.2 Å². The fraction of sp³-hybridized carbons (Fsp3) is 0.423. The molecule has 0 aromatic heterocycles. The van der Waals surface area contributed by atoms with Gasteiger partial charge in [-0.15, -0.1) is 0 Å². The number of benzene rings is 2. The number of nitrogens with one attached hydrogen (secondary N) is 2. The van der Waals surface area contributed by atoms with Gasteiger partial charge in [-0.25, -0.2) is 0 Å². The second-order valence-electron chi connectivity index (χ2n) is 8.91. The molecule has 2 aliphatic rings. The van der Waals surface area contributed by atoms with Crippen LogP contribution in [0.3, 0.4) is 0 Å². The minimum atomic E-state index is -0.634. The molecule has 4 N–H and O–H groups in total. The normalized spacial score (nSPS) is 23.2. The molecule has 2 heterocycles. The van der Waals surface area contributed by atoms with Gasteiger partial charge in [0.1, 0.15) is 12.1 Å². The Hall–Kier alpha value is -3.19. The zero-order valence-electron chi connectivity index (χ0n) is 18.9. The second-order valence-corrected chi connectivity index (χ2v) is 8.91. The molecule has 0 radical (unpaired) electrons. The van der Waals surface area contributed by atoms with Gasteiger partial charge >= 0.3 is 0 Å². The highest BCUT2D eigenvalue weighted by molar-refractivity contribution is 5.94. The van der Waals surface area contributed by atoms with Crippen molar-refractivity contribution in [1.29, 1.82) is 0 Å². The van der Waals surface area contributed by atoms with Gasteiger partial charge in [0.2, 0.25) is 17.7 Å². The molecule has 0 spiro atoms. The molecule has 0 saturated carbocycles. The van der Waals surface area contributed by atoms with Gasteiger partial charge in [-0.1, -0.05) is 67.6 Å². The SMILES string of the molecule is CC[C@H](N)C(=O)N[C@H]1CCC2CC[C@@H](C(=O)NC(c3ccccc3)c3ccccc3)N2C1=O. The van der Waals surface area contributed by atoms with Crippen molar-refractivity contribution in [2.45, 2.75) is 69.2 Å². The van der Waals surface area contributed by atoms with Crippen LogP contribution in [-0.4, -0.2) is 46.8 Å². The summed E-state index contributed by atoms with van der Waals surface area (Å²) in [5, 5.41) is 5.98. The van der Waals surface area contributed by atoms with Crippen LogP contribution in [0.15, 0.2) is 60.7 Å². The topological polar surface area (TPSA) is 105 Å². The maximum Gasteiger partial charge on any atom is 0.246 e. The van der Waals surface area contributed by atoms with Crippen molar-refractivity contribution >= 4 is 17.7 Å². The molecular weight excluding hydrogens is 416 g/mol. The molecule has 2 aliphatic heterocycles. The average Bonchev–Trinajstić information content (AvgIpc) is 3.29. The molecule has 2 fully saturated rings. The first-order valence-electron chi connectivity index (χ1n) is 11.8. The molecule has 2 aromatic carbocycles. The largest absolute Gasteiger partial charge is 0.343 e. The van der Waals surface area contributed by atoms with Crippen molar-refractivity contribution in [3.05, 3.63) is 71.8 Å². The number of nitrogens with zero attached hydrogens (tertiary/aromatic N) is 1. The van der Waals surface area contributed by atoms with Crippen LogP contribution in [0.1, 0.15) is 56.2 Å². The summed E-state index contributed by atoms with van der Waals surface area (Å²) in [5.41, 5.74) is 7.79. The molecule has 174 valence electrons. The first-order valence-corrected chi connectivity index (χ1v) is 11.8. The van der Waals surface area contributed by atoms with Gasteiger partial charge in [-0.2, -0.15) is 0 Å². The minimum absolute atomic E-state index is 0.0353. The molecule has 2 saturated heterocycles. The number of piperidine rings is 1. The fourth-order valence-corrected chi connectivity index (χ4v) is 4.91. The van der Waals surface area contributed by atoms with Gasteiger partial charge < -0.3 is 21.3 Å². The maximum absolute atomic E-state index is 13.5. The van der Waals surface area contributed by atoms with E-state index in [0.717, 1.165) is 24.0 Å². The number of hydrogen-bond acceptors (Lipinski definition) is 4. The lowest BCUT2D eigenvalue weighted by Crippen LogP contribution is -2.60. The molecule has 2 aromatic rings. The van der Waals surface area contributed by atoms with Crippen molar-refractivity contribution in [1.82, 2.24) is 15.5 Å². The molecule has 4 atom stereocenters. The summed E-state index contributed by atoms with van der Waals surface area (Å²) in [6.07, 6.45) is 3.26. The third kappa shape index (κ3) is 4.93. The van der Waals surface area contributed by atoms with Crippen molar-refractivity contribution in [3.8, 4) is 0 Å². The quantitative estimate of drug-likeness (QED) is 0.604. The number of nitrogens with two attached hydrogens (primary N) is 1. The van der Waals surface area contributed by atoms with Gasteiger partial charge in [0.25, 0.3) is 0 Å². The van der Waals surface area contributed by atoms with E-state index in [0.29, 0.717) is 19.3 Å². The predicted octanol–water partition coefficient (Wildman–Crippen LogP) is 2.27. The maximum atomic E-state index is 13.5. The second kappa shape index (κ2) is 10.2. The molecule has 7 heteroatoms. The summed E-state index contributed by atoms with van der Waals surface area (Å²) in [5.74, 6) is -0.667. The number of carbonyl (C=O) groups is 3. The Balaban J connectivity index is 1.51. The van der Waals surface area contributed by atoms with Crippen molar-refractivity contribution in [3.63, 3.8) is 0 Å². The van der Waals surface area contributed by atoms with Gasteiger partial charge in [-0.3, -0.25) is 14.4 Å². The summed E-state index contributed by atoms with van der Waals surface area (Å²) >= 11 is 0. The fourth-order valence-electron chi connectivity index (χ4n) is 4.91. The van der Waals surface area contributed by atoms with E-state index in [9.17, 15) is 14.4 Å². The van der Waals surface area contributed by atoms with E-state index >= 15 is 0 Å². The number of amides is 3. The van der Waals surface area contributed by atoms with Crippen LogP contribution in [0.2, 0.25) is 0 Å². The number of rotatable bonds is 7. The van der Waals surface area contributed by atoms with E-state index in [-0.39, 0.29) is 29.8 Å². The molecule has 4 rings (SSSR count). The van der Waals surface area contributed by atoms with Gasteiger partial charge in [0.05, 0.1) is 12.1 Å². The van der Waals surface area contributed by atoms with E-state index in [2.05, 4.69) is 10.6 Å². The Kier molecular flexibility index (Phi) is 7.08. The molecular formula is C26H32N4O3. The lowest BCUT2D eigenvalue weighted by molar-refractivity contribution is -0.146. The van der Waals surface area contributed by atoms with Crippen molar-refractivity contribution < 1.29 is 14.4 Å². The summed E-state index contributed by atoms with van der Waals surface area (Å²) < 4.78 is 0. The number of carbonyl (C=O) groups excluding carboxylic acids is 3. The summed E-state index contributed by atoms with van der Waals surface area (Å²) in [7, 11) is 0. The third-order valence-electron chi connectivity index (χ3n) is 6.79. The third-order valence-corrected chi connectivity index (χ3v) is 6.79. The van der Waals surface area contributed by atoms with Crippen LogP contribution in [0.4, 0.5) is 0 Å². The lowest BCUT2D eigenvalue weighted by Gasteiger charge is -2.38. The van der Waals surface area contributed by atoms with E-state index < -0.39 is 18.1 Å².